The van der Waals surface area contributed by atoms with E-state index in [4.69, 9.17) is 10.5 Å². The van der Waals surface area contributed by atoms with E-state index in [0.717, 1.165) is 26.1 Å². The summed E-state index contributed by atoms with van der Waals surface area (Å²) in [6.45, 7) is 8.90. The largest absolute Gasteiger partial charge is 0.377 e. The van der Waals surface area contributed by atoms with Crippen molar-refractivity contribution in [2.24, 2.45) is 5.73 Å². The minimum absolute atomic E-state index is 0.499. The van der Waals surface area contributed by atoms with Gasteiger partial charge in [-0.2, -0.15) is 0 Å². The third kappa shape index (κ3) is 4.54. The van der Waals surface area contributed by atoms with E-state index >= 15 is 0 Å². The summed E-state index contributed by atoms with van der Waals surface area (Å²) >= 11 is 0. The molecule has 4 nitrogen and oxygen atoms in total. The van der Waals surface area contributed by atoms with Crippen molar-refractivity contribution < 1.29 is 4.74 Å². The van der Waals surface area contributed by atoms with Gasteiger partial charge >= 0.3 is 0 Å². The van der Waals surface area contributed by atoms with Crippen molar-refractivity contribution in [1.29, 1.82) is 0 Å². The number of hydrogen-bond donors (Lipinski definition) is 1. The molecule has 1 unspecified atom stereocenters. The van der Waals surface area contributed by atoms with Crippen LogP contribution in [0, 0.1) is 0 Å². The monoisotopic (exact) mass is 241 g/mol. The molecule has 0 radical (unpaired) electrons. The van der Waals surface area contributed by atoms with Crippen LogP contribution >= 0.6 is 0 Å². The highest BCUT2D eigenvalue weighted by Gasteiger charge is 2.21. The zero-order chi connectivity index (χ0) is 11.9. The first kappa shape index (κ1) is 13.3. The average molecular weight is 241 g/mol. The molecule has 0 aliphatic carbocycles. The third-order valence-corrected chi connectivity index (χ3v) is 3.88. The van der Waals surface area contributed by atoms with Crippen LogP contribution in [0.25, 0.3) is 0 Å². The standard InChI is InChI=1S/C13H27N3O/c14-5-3-6-15-7-9-16(10-8-15)12-13-4-1-2-11-17-13/h13H,1-12,14H2. The Morgan fingerprint density at radius 3 is 2.47 bits per heavy atom. The summed E-state index contributed by atoms with van der Waals surface area (Å²) in [6.07, 6.45) is 5.49. The molecule has 0 aromatic heterocycles. The van der Waals surface area contributed by atoms with Crippen LogP contribution in [0.3, 0.4) is 0 Å². The van der Waals surface area contributed by atoms with Crippen LogP contribution in [0.1, 0.15) is 25.7 Å². The first-order chi connectivity index (χ1) is 8.38. The predicted molar refractivity (Wildman–Crippen MR) is 70.1 cm³/mol. The summed E-state index contributed by atoms with van der Waals surface area (Å²) in [6, 6.07) is 0. The maximum absolute atomic E-state index is 5.80. The smallest absolute Gasteiger partial charge is 0.0702 e. The summed E-state index contributed by atoms with van der Waals surface area (Å²) in [7, 11) is 0. The zero-order valence-electron chi connectivity index (χ0n) is 10.9. The lowest BCUT2D eigenvalue weighted by Gasteiger charge is -2.37. The minimum atomic E-state index is 0.499. The highest BCUT2D eigenvalue weighted by atomic mass is 16.5. The molecule has 4 heteroatoms. The fourth-order valence-corrected chi connectivity index (χ4v) is 2.75. The van der Waals surface area contributed by atoms with E-state index in [0.29, 0.717) is 6.10 Å². The molecule has 2 N–H and O–H groups in total. The van der Waals surface area contributed by atoms with Crippen molar-refractivity contribution in [3.05, 3.63) is 0 Å². The Bertz CT molecular complexity index is 199. The molecule has 0 spiro atoms. The van der Waals surface area contributed by atoms with Crippen molar-refractivity contribution in [2.75, 3.05) is 52.4 Å². The summed E-state index contributed by atoms with van der Waals surface area (Å²) < 4.78 is 5.80. The molecule has 0 aromatic carbocycles. The molecule has 2 rings (SSSR count). The van der Waals surface area contributed by atoms with E-state index in [1.165, 1.54) is 52.0 Å². The lowest BCUT2D eigenvalue weighted by molar-refractivity contribution is -0.0140. The molecule has 2 aliphatic heterocycles. The normalized spacial score (nSPS) is 28.4. The SMILES string of the molecule is NCCCN1CCN(CC2CCCCO2)CC1. The molecular formula is C13H27N3O. The Kier molecular flexibility index (Phi) is 5.71. The van der Waals surface area contributed by atoms with Gasteiger partial charge in [-0.15, -0.1) is 0 Å². The van der Waals surface area contributed by atoms with E-state index in [1.807, 2.05) is 0 Å². The molecule has 0 amide bonds. The van der Waals surface area contributed by atoms with Crippen LogP contribution < -0.4 is 5.73 Å². The fraction of sp³-hybridized carbons (Fsp3) is 1.00. The summed E-state index contributed by atoms with van der Waals surface area (Å²) in [5.41, 5.74) is 5.54. The van der Waals surface area contributed by atoms with Gasteiger partial charge in [-0.05, 0) is 38.8 Å². The number of rotatable bonds is 5. The van der Waals surface area contributed by atoms with Gasteiger partial charge in [0.25, 0.3) is 0 Å². The zero-order valence-corrected chi connectivity index (χ0v) is 10.9. The van der Waals surface area contributed by atoms with Crippen LogP contribution in [0.15, 0.2) is 0 Å². The summed E-state index contributed by atoms with van der Waals surface area (Å²) in [5.74, 6) is 0. The first-order valence-corrected chi connectivity index (χ1v) is 7.15. The molecule has 2 saturated heterocycles. The molecule has 2 aliphatic rings. The fourth-order valence-electron chi connectivity index (χ4n) is 2.75. The van der Waals surface area contributed by atoms with Crippen molar-refractivity contribution in [3.63, 3.8) is 0 Å². The Balaban J connectivity index is 1.61. The summed E-state index contributed by atoms with van der Waals surface area (Å²) in [4.78, 5) is 5.10. The maximum atomic E-state index is 5.80. The van der Waals surface area contributed by atoms with Crippen molar-refractivity contribution in [3.8, 4) is 0 Å². The topological polar surface area (TPSA) is 41.7 Å². The number of nitrogens with two attached hydrogens (primary N) is 1. The van der Waals surface area contributed by atoms with Gasteiger partial charge in [-0.1, -0.05) is 0 Å². The van der Waals surface area contributed by atoms with Crippen LogP contribution in [0.2, 0.25) is 0 Å². The van der Waals surface area contributed by atoms with Crippen LogP contribution in [-0.2, 0) is 4.74 Å². The Hall–Kier alpha value is -0.160. The second-order valence-electron chi connectivity index (χ2n) is 5.27. The van der Waals surface area contributed by atoms with E-state index in [1.54, 1.807) is 0 Å². The maximum Gasteiger partial charge on any atom is 0.0702 e. The minimum Gasteiger partial charge on any atom is -0.377 e. The Labute approximate surface area is 105 Å². The highest BCUT2D eigenvalue weighted by molar-refractivity contribution is 4.76. The van der Waals surface area contributed by atoms with Crippen molar-refractivity contribution in [2.45, 2.75) is 31.8 Å². The van der Waals surface area contributed by atoms with Gasteiger partial charge in [0, 0.05) is 39.3 Å². The molecule has 17 heavy (non-hydrogen) atoms. The molecule has 0 saturated carbocycles. The average Bonchev–Trinajstić information content (AvgIpc) is 2.39. The molecule has 0 aromatic rings. The van der Waals surface area contributed by atoms with E-state index in [2.05, 4.69) is 9.80 Å². The molecule has 2 heterocycles. The van der Waals surface area contributed by atoms with Crippen molar-refractivity contribution >= 4 is 0 Å². The second kappa shape index (κ2) is 7.31. The van der Waals surface area contributed by atoms with Gasteiger partial charge in [-0.25, -0.2) is 0 Å². The van der Waals surface area contributed by atoms with E-state index < -0.39 is 0 Å². The van der Waals surface area contributed by atoms with Gasteiger partial charge in [0.05, 0.1) is 6.10 Å². The molecule has 0 bridgehead atoms. The molecular weight excluding hydrogens is 214 g/mol. The molecule has 1 atom stereocenters. The van der Waals surface area contributed by atoms with Crippen LogP contribution in [0.5, 0.6) is 0 Å². The first-order valence-electron chi connectivity index (χ1n) is 7.15. The lowest BCUT2D eigenvalue weighted by atomic mass is 10.1. The van der Waals surface area contributed by atoms with Crippen LogP contribution in [-0.4, -0.2) is 68.3 Å². The number of piperazine rings is 1. The van der Waals surface area contributed by atoms with E-state index in [-0.39, 0.29) is 0 Å². The number of nitrogens with zero attached hydrogens (tertiary/aromatic N) is 2. The van der Waals surface area contributed by atoms with E-state index in [9.17, 15) is 0 Å². The Morgan fingerprint density at radius 2 is 1.82 bits per heavy atom. The highest BCUT2D eigenvalue weighted by Crippen LogP contribution is 2.14. The van der Waals surface area contributed by atoms with Gasteiger partial charge in [0.15, 0.2) is 0 Å². The molecule has 100 valence electrons. The van der Waals surface area contributed by atoms with Gasteiger partial charge in [0.1, 0.15) is 0 Å². The quantitative estimate of drug-likeness (QED) is 0.762. The van der Waals surface area contributed by atoms with Crippen molar-refractivity contribution in [1.82, 2.24) is 9.80 Å². The molecule has 2 fully saturated rings. The Morgan fingerprint density at radius 1 is 1.06 bits per heavy atom. The number of ether oxygens (including phenoxy) is 1. The number of hydrogen-bond acceptors (Lipinski definition) is 4. The van der Waals surface area contributed by atoms with Gasteiger partial charge in [0.2, 0.25) is 0 Å². The summed E-state index contributed by atoms with van der Waals surface area (Å²) in [5, 5.41) is 0. The van der Waals surface area contributed by atoms with Gasteiger partial charge < -0.3 is 15.4 Å². The second-order valence-corrected chi connectivity index (χ2v) is 5.27. The van der Waals surface area contributed by atoms with Gasteiger partial charge in [-0.3, -0.25) is 4.90 Å². The third-order valence-electron chi connectivity index (χ3n) is 3.88. The lowest BCUT2D eigenvalue weighted by Crippen LogP contribution is -2.49. The van der Waals surface area contributed by atoms with Crippen LogP contribution in [0.4, 0.5) is 0 Å². The predicted octanol–water partition coefficient (Wildman–Crippen LogP) is 0.522.